The summed E-state index contributed by atoms with van der Waals surface area (Å²) in [5.74, 6) is 0.887. The van der Waals surface area contributed by atoms with Crippen molar-refractivity contribution in [2.24, 2.45) is 5.92 Å². The Bertz CT molecular complexity index is 1090. The van der Waals surface area contributed by atoms with E-state index in [0.717, 1.165) is 0 Å². The number of ether oxygens (including phenoxy) is 1. The van der Waals surface area contributed by atoms with Gasteiger partial charge in [-0.25, -0.2) is 8.42 Å². The van der Waals surface area contributed by atoms with Gasteiger partial charge >= 0.3 is 0 Å². The molecule has 30 heavy (non-hydrogen) atoms. The summed E-state index contributed by atoms with van der Waals surface area (Å²) in [5, 5.41) is 4.70. The first-order chi connectivity index (χ1) is 14.5. The summed E-state index contributed by atoms with van der Waals surface area (Å²) in [6, 6.07) is 20.0. The molecule has 1 amide bonds. The molecule has 1 aliphatic rings. The van der Waals surface area contributed by atoms with Gasteiger partial charge in [-0.05, 0) is 48.6 Å². The summed E-state index contributed by atoms with van der Waals surface area (Å²) in [4.78, 5) is 12.8. The Hall–Kier alpha value is -2.68. The van der Waals surface area contributed by atoms with Crippen LogP contribution in [-0.4, -0.2) is 31.7 Å². The molecule has 1 fully saturated rings. The van der Waals surface area contributed by atoms with E-state index in [4.69, 9.17) is 4.74 Å². The molecule has 8 heteroatoms. The Balaban J connectivity index is 1.39. The standard InChI is InChI=1S/C22H22N2O4S2/c25-22(17-12-14-24(15-13-17)30(26,27)21-11-6-16-29-21)23-19-9-4-5-10-20(19)28-18-7-2-1-3-8-18/h1-11,16-17H,12-15H2,(H,23,25). The van der Waals surface area contributed by atoms with E-state index in [1.165, 1.54) is 15.6 Å². The van der Waals surface area contributed by atoms with Gasteiger partial charge in [0.2, 0.25) is 5.91 Å². The molecule has 0 spiro atoms. The maximum absolute atomic E-state index is 12.8. The third-order valence-electron chi connectivity index (χ3n) is 5.03. The van der Waals surface area contributed by atoms with E-state index in [0.29, 0.717) is 47.3 Å². The SMILES string of the molecule is O=C(Nc1ccccc1Oc1ccccc1)C1CCN(S(=O)(=O)c2cccs2)CC1. The van der Waals surface area contributed by atoms with Gasteiger partial charge in [0.05, 0.1) is 5.69 Å². The summed E-state index contributed by atoms with van der Waals surface area (Å²) in [5.41, 5.74) is 0.597. The zero-order chi connectivity index (χ0) is 21.0. The van der Waals surface area contributed by atoms with Gasteiger partial charge in [-0.15, -0.1) is 11.3 Å². The van der Waals surface area contributed by atoms with Gasteiger partial charge in [-0.2, -0.15) is 4.31 Å². The van der Waals surface area contributed by atoms with E-state index in [1.807, 2.05) is 42.5 Å². The highest BCUT2D eigenvalue weighted by atomic mass is 32.2. The van der Waals surface area contributed by atoms with Crippen molar-refractivity contribution >= 4 is 33.0 Å². The molecule has 0 saturated carbocycles. The third-order valence-corrected chi connectivity index (χ3v) is 8.30. The van der Waals surface area contributed by atoms with Crippen LogP contribution in [0.1, 0.15) is 12.8 Å². The topological polar surface area (TPSA) is 75.7 Å². The van der Waals surface area contributed by atoms with Gasteiger partial charge < -0.3 is 10.1 Å². The molecule has 1 N–H and O–H groups in total. The van der Waals surface area contributed by atoms with E-state index in [1.54, 1.807) is 29.6 Å². The van der Waals surface area contributed by atoms with Crippen LogP contribution in [0.3, 0.4) is 0 Å². The normalized spacial score (nSPS) is 15.6. The minimum absolute atomic E-state index is 0.118. The number of thiophene rings is 1. The van der Waals surface area contributed by atoms with Gasteiger partial charge in [0.25, 0.3) is 10.0 Å². The van der Waals surface area contributed by atoms with Crippen LogP contribution < -0.4 is 10.1 Å². The van der Waals surface area contributed by atoms with Gasteiger partial charge in [-0.3, -0.25) is 4.79 Å². The van der Waals surface area contributed by atoms with Crippen molar-refractivity contribution in [3.63, 3.8) is 0 Å². The Morgan fingerprint density at radius 1 is 0.967 bits per heavy atom. The second-order valence-corrected chi connectivity index (χ2v) is 10.1. The summed E-state index contributed by atoms with van der Waals surface area (Å²) in [6.45, 7) is 0.668. The molecule has 1 saturated heterocycles. The highest BCUT2D eigenvalue weighted by Gasteiger charge is 2.32. The van der Waals surface area contributed by atoms with Crippen LogP contribution in [-0.2, 0) is 14.8 Å². The van der Waals surface area contributed by atoms with Crippen LogP contribution in [0.5, 0.6) is 11.5 Å². The summed E-state index contributed by atoms with van der Waals surface area (Å²) in [7, 11) is -3.47. The second-order valence-electron chi connectivity index (χ2n) is 7.01. The number of carbonyl (C=O) groups excluding carboxylic acids is 1. The molecular formula is C22H22N2O4S2. The number of nitrogens with one attached hydrogen (secondary N) is 1. The second kappa shape index (κ2) is 8.99. The number of para-hydroxylation sites is 3. The Morgan fingerprint density at radius 2 is 1.67 bits per heavy atom. The number of sulfonamides is 1. The molecule has 2 heterocycles. The molecule has 2 aromatic carbocycles. The van der Waals surface area contributed by atoms with Crippen LogP contribution in [0.25, 0.3) is 0 Å². The average Bonchev–Trinajstić information content (AvgIpc) is 3.32. The fourth-order valence-electron chi connectivity index (χ4n) is 3.41. The molecule has 0 atom stereocenters. The number of hydrogen-bond donors (Lipinski definition) is 1. The first-order valence-corrected chi connectivity index (χ1v) is 12.0. The number of amides is 1. The minimum atomic E-state index is -3.47. The van der Waals surface area contributed by atoms with Gasteiger partial charge in [0.15, 0.2) is 5.75 Å². The van der Waals surface area contributed by atoms with E-state index in [2.05, 4.69) is 5.32 Å². The molecule has 156 valence electrons. The van der Waals surface area contributed by atoms with Gasteiger partial charge in [-0.1, -0.05) is 36.4 Å². The summed E-state index contributed by atoms with van der Waals surface area (Å²) >= 11 is 1.21. The van der Waals surface area contributed by atoms with Crippen LogP contribution in [0.2, 0.25) is 0 Å². The van der Waals surface area contributed by atoms with E-state index < -0.39 is 10.0 Å². The fraction of sp³-hybridized carbons (Fsp3) is 0.227. The van der Waals surface area contributed by atoms with E-state index in [-0.39, 0.29) is 11.8 Å². The zero-order valence-electron chi connectivity index (χ0n) is 16.2. The van der Waals surface area contributed by atoms with Crippen molar-refractivity contribution < 1.29 is 17.9 Å². The largest absolute Gasteiger partial charge is 0.455 e. The lowest BCUT2D eigenvalue weighted by Crippen LogP contribution is -2.41. The van der Waals surface area contributed by atoms with Crippen molar-refractivity contribution in [1.29, 1.82) is 0 Å². The number of carbonyl (C=O) groups is 1. The molecule has 1 aromatic heterocycles. The maximum Gasteiger partial charge on any atom is 0.252 e. The number of rotatable bonds is 6. The summed E-state index contributed by atoms with van der Waals surface area (Å²) < 4.78 is 33.0. The molecule has 6 nitrogen and oxygen atoms in total. The molecule has 0 unspecified atom stereocenters. The van der Waals surface area contributed by atoms with E-state index in [9.17, 15) is 13.2 Å². The average molecular weight is 443 g/mol. The Morgan fingerprint density at radius 3 is 2.37 bits per heavy atom. The third kappa shape index (κ3) is 4.56. The summed E-state index contributed by atoms with van der Waals surface area (Å²) in [6.07, 6.45) is 0.969. The van der Waals surface area contributed by atoms with Crippen molar-refractivity contribution in [2.45, 2.75) is 17.1 Å². The quantitative estimate of drug-likeness (QED) is 0.606. The molecule has 0 bridgehead atoms. The number of nitrogens with zero attached hydrogens (tertiary/aromatic N) is 1. The van der Waals surface area contributed by atoms with Crippen molar-refractivity contribution in [2.75, 3.05) is 18.4 Å². The number of hydrogen-bond acceptors (Lipinski definition) is 5. The fourth-order valence-corrected chi connectivity index (χ4v) is 6.02. The van der Waals surface area contributed by atoms with Crippen molar-refractivity contribution in [3.8, 4) is 11.5 Å². The molecule has 0 radical (unpaired) electrons. The Labute approximate surface area is 180 Å². The number of anilines is 1. The lowest BCUT2D eigenvalue weighted by molar-refractivity contribution is -0.120. The predicted octanol–water partition coefficient (Wildman–Crippen LogP) is 4.58. The van der Waals surface area contributed by atoms with Crippen LogP contribution >= 0.6 is 11.3 Å². The van der Waals surface area contributed by atoms with Crippen LogP contribution in [0.4, 0.5) is 5.69 Å². The monoisotopic (exact) mass is 442 g/mol. The van der Waals surface area contributed by atoms with Gasteiger partial charge in [0.1, 0.15) is 9.96 Å². The first kappa shape index (κ1) is 20.6. The Kier molecular flexibility index (Phi) is 6.17. The highest BCUT2D eigenvalue weighted by molar-refractivity contribution is 7.91. The van der Waals surface area contributed by atoms with Crippen molar-refractivity contribution in [1.82, 2.24) is 4.31 Å². The molecule has 0 aliphatic carbocycles. The zero-order valence-corrected chi connectivity index (χ0v) is 17.9. The molecule has 4 rings (SSSR count). The first-order valence-electron chi connectivity index (χ1n) is 9.70. The lowest BCUT2D eigenvalue weighted by atomic mass is 9.97. The van der Waals surface area contributed by atoms with Crippen LogP contribution in [0, 0.1) is 5.92 Å². The van der Waals surface area contributed by atoms with Crippen molar-refractivity contribution in [3.05, 3.63) is 72.1 Å². The van der Waals surface area contributed by atoms with Gasteiger partial charge in [0, 0.05) is 19.0 Å². The lowest BCUT2D eigenvalue weighted by Gasteiger charge is -2.30. The predicted molar refractivity (Wildman–Crippen MR) is 117 cm³/mol. The molecule has 1 aliphatic heterocycles. The molecule has 3 aromatic rings. The minimum Gasteiger partial charge on any atom is -0.455 e. The molecular weight excluding hydrogens is 420 g/mol. The number of benzene rings is 2. The maximum atomic E-state index is 12.8. The van der Waals surface area contributed by atoms with Crippen LogP contribution in [0.15, 0.2) is 76.3 Å². The highest BCUT2D eigenvalue weighted by Crippen LogP contribution is 2.31. The number of piperidine rings is 1. The van der Waals surface area contributed by atoms with E-state index >= 15 is 0 Å². The smallest absolute Gasteiger partial charge is 0.252 e.